The number of ether oxygens (including phenoxy) is 2. The number of methoxy groups -OCH3 is 2. The second kappa shape index (κ2) is 12.3. The van der Waals surface area contributed by atoms with Crippen molar-refractivity contribution in [1.29, 1.82) is 0 Å². The third kappa shape index (κ3) is 7.01. The molecule has 192 valence electrons. The number of thiocarbonyl (C=S) groups is 1. The van der Waals surface area contributed by atoms with Crippen molar-refractivity contribution >= 4 is 51.9 Å². The van der Waals surface area contributed by atoms with E-state index in [1.807, 2.05) is 6.07 Å². The lowest BCUT2D eigenvalue weighted by Gasteiger charge is -2.15. The number of rotatable bonds is 10. The van der Waals surface area contributed by atoms with Crippen LogP contribution in [-0.2, 0) is 15.8 Å². The van der Waals surface area contributed by atoms with Gasteiger partial charge < -0.3 is 14.8 Å². The number of benzene rings is 2. The molecular weight excluding hydrogens is 513 g/mol. The second-order valence-electron chi connectivity index (χ2n) is 7.85. The zero-order valence-electron chi connectivity index (χ0n) is 19.7. The van der Waals surface area contributed by atoms with Gasteiger partial charge >= 0.3 is 6.18 Å². The van der Waals surface area contributed by atoms with E-state index in [-0.39, 0.29) is 18.0 Å². The minimum atomic E-state index is -4.55. The van der Waals surface area contributed by atoms with Crippen molar-refractivity contribution in [3.05, 3.63) is 58.5 Å². The zero-order chi connectivity index (χ0) is 26.3. The molecule has 1 heterocycles. The predicted octanol–water partition coefficient (Wildman–Crippen LogP) is 6.12. The molecule has 0 radical (unpaired) electrons. The first-order valence-electron chi connectivity index (χ1n) is 11.1. The van der Waals surface area contributed by atoms with E-state index in [4.69, 9.17) is 21.7 Å². The Bertz CT molecular complexity index is 1170. The molecule has 0 bridgehead atoms. The van der Waals surface area contributed by atoms with Crippen LogP contribution < -0.4 is 14.8 Å². The molecule has 6 nitrogen and oxygen atoms in total. The minimum absolute atomic E-state index is 0.0732. The van der Waals surface area contributed by atoms with E-state index in [2.05, 4.69) is 5.32 Å². The fourth-order valence-corrected chi connectivity index (χ4v) is 4.88. The molecule has 3 rings (SSSR count). The number of nitrogens with zero attached hydrogens (tertiary/aromatic N) is 1. The summed E-state index contributed by atoms with van der Waals surface area (Å²) in [5, 5.41) is 2.34. The van der Waals surface area contributed by atoms with Crippen LogP contribution in [0.2, 0.25) is 0 Å². The van der Waals surface area contributed by atoms with E-state index in [0.717, 1.165) is 11.6 Å². The Morgan fingerprint density at radius 1 is 1.08 bits per heavy atom. The molecule has 11 heteroatoms. The van der Waals surface area contributed by atoms with Gasteiger partial charge in [-0.15, -0.1) is 0 Å². The molecule has 36 heavy (non-hydrogen) atoms. The fourth-order valence-electron chi connectivity index (χ4n) is 3.57. The standard InChI is InChI=1S/C25H25F3N2O4S2/c1-33-19-12-11-16(14-20(19)34-2)15-21-23(32)30(24(35)36-21)13-7-3-4-10-22(31)29-18-9-6-5-8-17(18)25(26,27)28/h5-6,8-9,11-12,14-15H,3-4,7,10,13H2,1-2H3,(H,29,31)/b21-15-. The Morgan fingerprint density at radius 3 is 2.50 bits per heavy atom. The first-order chi connectivity index (χ1) is 17.1. The molecule has 2 aromatic carbocycles. The lowest BCUT2D eigenvalue weighted by atomic mass is 10.1. The summed E-state index contributed by atoms with van der Waals surface area (Å²) in [5.41, 5.74) is -0.367. The molecule has 1 fully saturated rings. The third-order valence-corrected chi connectivity index (χ3v) is 6.75. The number of carbonyl (C=O) groups excluding carboxylic acids is 2. The molecule has 2 amide bonds. The van der Waals surface area contributed by atoms with Crippen molar-refractivity contribution in [1.82, 2.24) is 4.90 Å². The quantitative estimate of drug-likeness (QED) is 0.223. The average Bonchev–Trinajstić information content (AvgIpc) is 3.10. The van der Waals surface area contributed by atoms with Crippen LogP contribution in [0.1, 0.15) is 36.8 Å². The van der Waals surface area contributed by atoms with E-state index < -0.39 is 17.6 Å². The maximum absolute atomic E-state index is 13.1. The fraction of sp³-hybridized carbons (Fsp3) is 0.320. The number of hydrogen-bond donors (Lipinski definition) is 1. The molecule has 1 saturated heterocycles. The number of anilines is 1. The summed E-state index contributed by atoms with van der Waals surface area (Å²) in [6, 6.07) is 10.2. The summed E-state index contributed by atoms with van der Waals surface area (Å²) in [4.78, 5) is 27.0. The lowest BCUT2D eigenvalue weighted by molar-refractivity contribution is -0.137. The molecule has 0 aliphatic carbocycles. The smallest absolute Gasteiger partial charge is 0.418 e. The third-order valence-electron chi connectivity index (χ3n) is 5.37. The van der Waals surface area contributed by atoms with Gasteiger partial charge in [-0.2, -0.15) is 13.2 Å². The molecule has 1 aliphatic heterocycles. The SMILES string of the molecule is COc1ccc(/C=C2\SC(=S)N(CCCCCC(=O)Nc3ccccc3C(F)(F)F)C2=O)cc1OC. The van der Waals surface area contributed by atoms with Gasteiger partial charge in [-0.1, -0.05) is 48.6 Å². The Morgan fingerprint density at radius 2 is 1.81 bits per heavy atom. The van der Waals surface area contributed by atoms with Gasteiger partial charge in [0.1, 0.15) is 4.32 Å². The Kier molecular flexibility index (Phi) is 9.38. The summed E-state index contributed by atoms with van der Waals surface area (Å²) in [5.74, 6) is 0.449. The zero-order valence-corrected chi connectivity index (χ0v) is 21.3. The summed E-state index contributed by atoms with van der Waals surface area (Å²) >= 11 is 6.57. The summed E-state index contributed by atoms with van der Waals surface area (Å²) < 4.78 is 50.2. The molecular formula is C25H25F3N2O4S2. The highest BCUT2D eigenvalue weighted by atomic mass is 32.2. The van der Waals surface area contributed by atoms with Gasteiger partial charge in [0.15, 0.2) is 11.5 Å². The highest BCUT2D eigenvalue weighted by Gasteiger charge is 2.34. The van der Waals surface area contributed by atoms with Gasteiger partial charge in [0, 0.05) is 13.0 Å². The molecule has 0 unspecified atom stereocenters. The normalized spacial score (nSPS) is 14.9. The number of halogens is 3. The van der Waals surface area contributed by atoms with Gasteiger partial charge in [0.25, 0.3) is 5.91 Å². The first kappa shape index (κ1) is 27.5. The van der Waals surface area contributed by atoms with E-state index >= 15 is 0 Å². The van der Waals surface area contributed by atoms with Crippen molar-refractivity contribution in [2.24, 2.45) is 0 Å². The Balaban J connectivity index is 1.48. The number of unbranched alkanes of at least 4 members (excludes halogenated alkanes) is 2. The molecule has 0 aromatic heterocycles. The molecule has 1 aliphatic rings. The van der Waals surface area contributed by atoms with Crippen LogP contribution in [0.5, 0.6) is 11.5 Å². The Labute approximate surface area is 216 Å². The monoisotopic (exact) mass is 538 g/mol. The number of amides is 2. The second-order valence-corrected chi connectivity index (χ2v) is 9.53. The Hall–Kier alpha value is -3.05. The number of para-hydroxylation sites is 1. The highest BCUT2D eigenvalue weighted by molar-refractivity contribution is 8.26. The molecule has 1 N–H and O–H groups in total. The number of thioether (sulfide) groups is 1. The minimum Gasteiger partial charge on any atom is -0.493 e. The van der Waals surface area contributed by atoms with Gasteiger partial charge in [0.2, 0.25) is 5.91 Å². The number of alkyl halides is 3. The number of carbonyl (C=O) groups is 2. The number of nitrogens with one attached hydrogen (secondary N) is 1. The van der Waals surface area contributed by atoms with Gasteiger partial charge in [0.05, 0.1) is 30.4 Å². The van der Waals surface area contributed by atoms with Gasteiger partial charge in [-0.25, -0.2) is 0 Å². The van der Waals surface area contributed by atoms with Crippen LogP contribution in [0.15, 0.2) is 47.4 Å². The van der Waals surface area contributed by atoms with Gasteiger partial charge in [-0.05, 0) is 48.7 Å². The van der Waals surface area contributed by atoms with E-state index in [9.17, 15) is 22.8 Å². The van der Waals surface area contributed by atoms with Crippen LogP contribution >= 0.6 is 24.0 Å². The van der Waals surface area contributed by atoms with Crippen molar-refractivity contribution in [3.63, 3.8) is 0 Å². The summed E-state index contributed by atoms with van der Waals surface area (Å²) in [6.07, 6.45) is -1.05. The lowest BCUT2D eigenvalue weighted by Crippen LogP contribution is -2.29. The maximum Gasteiger partial charge on any atom is 0.418 e. The maximum atomic E-state index is 13.1. The molecule has 0 saturated carbocycles. The predicted molar refractivity (Wildman–Crippen MR) is 138 cm³/mol. The van der Waals surface area contributed by atoms with Crippen LogP contribution in [0.25, 0.3) is 6.08 Å². The molecule has 0 spiro atoms. The topological polar surface area (TPSA) is 67.9 Å². The largest absolute Gasteiger partial charge is 0.493 e. The van der Waals surface area contributed by atoms with Crippen LogP contribution in [-0.4, -0.2) is 41.8 Å². The molecule has 0 atom stereocenters. The number of hydrogen-bond acceptors (Lipinski definition) is 6. The van der Waals surface area contributed by atoms with Crippen LogP contribution in [0, 0.1) is 0 Å². The first-order valence-corrected chi connectivity index (χ1v) is 12.3. The van der Waals surface area contributed by atoms with Crippen LogP contribution in [0.4, 0.5) is 18.9 Å². The average molecular weight is 539 g/mol. The van der Waals surface area contributed by atoms with Crippen molar-refractivity contribution in [2.45, 2.75) is 31.9 Å². The van der Waals surface area contributed by atoms with E-state index in [0.29, 0.717) is 46.5 Å². The van der Waals surface area contributed by atoms with Crippen molar-refractivity contribution in [2.75, 3.05) is 26.1 Å². The van der Waals surface area contributed by atoms with E-state index in [1.165, 1.54) is 42.0 Å². The highest BCUT2D eigenvalue weighted by Crippen LogP contribution is 2.36. The summed E-state index contributed by atoms with van der Waals surface area (Å²) in [7, 11) is 3.08. The van der Waals surface area contributed by atoms with Gasteiger partial charge in [-0.3, -0.25) is 14.5 Å². The van der Waals surface area contributed by atoms with Crippen molar-refractivity contribution < 1.29 is 32.2 Å². The molecule has 2 aromatic rings. The van der Waals surface area contributed by atoms with Crippen molar-refractivity contribution in [3.8, 4) is 11.5 Å². The van der Waals surface area contributed by atoms with E-state index in [1.54, 1.807) is 25.3 Å². The van der Waals surface area contributed by atoms with Crippen LogP contribution in [0.3, 0.4) is 0 Å². The summed E-state index contributed by atoms with van der Waals surface area (Å²) in [6.45, 7) is 0.395.